The zero-order valence-corrected chi connectivity index (χ0v) is 17.0. The number of anilines is 2. The molecule has 1 aliphatic heterocycles. The normalized spacial score (nSPS) is 14.2. The molecular formula is C20H15FN6O3S. The number of nitrogens with one attached hydrogen (secondary N) is 1. The summed E-state index contributed by atoms with van der Waals surface area (Å²) in [5, 5.41) is 14.9. The van der Waals surface area contributed by atoms with E-state index >= 15 is 0 Å². The van der Waals surface area contributed by atoms with Gasteiger partial charge in [0.25, 0.3) is 10.0 Å². The predicted octanol–water partition coefficient (Wildman–Crippen LogP) is 2.41. The summed E-state index contributed by atoms with van der Waals surface area (Å²) < 4.78 is 42.8. The van der Waals surface area contributed by atoms with Gasteiger partial charge in [0.15, 0.2) is 5.82 Å². The van der Waals surface area contributed by atoms with Gasteiger partial charge in [-0.1, -0.05) is 24.3 Å². The monoisotopic (exact) mass is 438 g/mol. The van der Waals surface area contributed by atoms with E-state index in [1.807, 2.05) is 12.1 Å². The van der Waals surface area contributed by atoms with Gasteiger partial charge in [-0.2, -0.15) is 4.68 Å². The maximum absolute atomic E-state index is 14.3. The highest BCUT2D eigenvalue weighted by Gasteiger charge is 2.36. The summed E-state index contributed by atoms with van der Waals surface area (Å²) in [6.07, 6.45) is 0. The number of aromatic nitrogens is 4. The number of sulfonamides is 1. The van der Waals surface area contributed by atoms with Gasteiger partial charge >= 0.3 is 0 Å². The third-order valence-corrected chi connectivity index (χ3v) is 6.86. The topological polar surface area (TPSA) is 110 Å². The van der Waals surface area contributed by atoms with E-state index in [0.717, 1.165) is 9.69 Å². The Morgan fingerprint density at radius 1 is 1.13 bits per heavy atom. The van der Waals surface area contributed by atoms with E-state index in [2.05, 4.69) is 20.8 Å². The van der Waals surface area contributed by atoms with E-state index in [4.69, 9.17) is 0 Å². The fraction of sp³-hybridized carbons (Fsp3) is 0.100. The molecule has 1 N–H and O–H groups in total. The van der Waals surface area contributed by atoms with Crippen LogP contribution in [0.2, 0.25) is 0 Å². The van der Waals surface area contributed by atoms with Gasteiger partial charge < -0.3 is 5.32 Å². The summed E-state index contributed by atoms with van der Waals surface area (Å²) in [5.41, 5.74) is 0.761. The fourth-order valence-corrected chi connectivity index (χ4v) is 5.33. The first-order chi connectivity index (χ1) is 14.9. The van der Waals surface area contributed by atoms with Gasteiger partial charge in [-0.15, -0.1) is 5.10 Å². The smallest absolute Gasteiger partial charge is 0.265 e. The largest absolute Gasteiger partial charge is 0.322 e. The zero-order valence-electron chi connectivity index (χ0n) is 16.2. The van der Waals surface area contributed by atoms with Crippen LogP contribution in [0.4, 0.5) is 15.8 Å². The molecule has 0 radical (unpaired) electrons. The number of carbonyl (C=O) groups is 1. The highest BCUT2D eigenvalue weighted by atomic mass is 32.2. The molecule has 4 aromatic rings. The summed E-state index contributed by atoms with van der Waals surface area (Å²) in [7, 11) is -3.90. The Morgan fingerprint density at radius 3 is 2.65 bits per heavy atom. The predicted molar refractivity (Wildman–Crippen MR) is 111 cm³/mol. The molecule has 11 heteroatoms. The summed E-state index contributed by atoms with van der Waals surface area (Å²) in [5.74, 6) is -0.867. The van der Waals surface area contributed by atoms with E-state index in [1.54, 1.807) is 25.1 Å². The molecule has 0 saturated carbocycles. The Hall–Kier alpha value is -3.86. The molecule has 0 aliphatic carbocycles. The van der Waals surface area contributed by atoms with Crippen molar-refractivity contribution in [1.82, 2.24) is 20.2 Å². The number of hydrogen-bond donors (Lipinski definition) is 1. The summed E-state index contributed by atoms with van der Waals surface area (Å²) >= 11 is 0. The van der Waals surface area contributed by atoms with E-state index < -0.39 is 28.3 Å². The molecule has 0 atom stereocenters. The third-order valence-electron chi connectivity index (χ3n) is 5.06. The lowest BCUT2D eigenvalue weighted by Crippen LogP contribution is -2.35. The van der Waals surface area contributed by atoms with Gasteiger partial charge in [0, 0.05) is 5.39 Å². The van der Waals surface area contributed by atoms with Gasteiger partial charge in [-0.05, 0) is 53.1 Å². The lowest BCUT2D eigenvalue weighted by atomic mass is 10.1. The SMILES string of the molecule is Cc1nnnn1-c1ccc(F)c(NC(=O)CN2c3cccc4cccc(c34)S2(=O)=O)c1. The van der Waals surface area contributed by atoms with Crippen LogP contribution >= 0.6 is 0 Å². The molecule has 3 aromatic carbocycles. The highest BCUT2D eigenvalue weighted by Crippen LogP contribution is 2.41. The van der Waals surface area contributed by atoms with Gasteiger partial charge in [-0.25, -0.2) is 12.8 Å². The van der Waals surface area contributed by atoms with Crippen LogP contribution in [0, 0.1) is 12.7 Å². The second kappa shape index (κ2) is 6.84. The number of aryl methyl sites for hydroxylation is 1. The van der Waals surface area contributed by atoms with Crippen molar-refractivity contribution >= 4 is 38.1 Å². The van der Waals surface area contributed by atoms with E-state index in [0.29, 0.717) is 22.6 Å². The quantitative estimate of drug-likeness (QED) is 0.524. The fourth-order valence-electron chi connectivity index (χ4n) is 3.66. The van der Waals surface area contributed by atoms with E-state index in [-0.39, 0.29) is 10.6 Å². The molecule has 0 spiro atoms. The molecule has 2 heterocycles. The first kappa shape index (κ1) is 19.1. The van der Waals surface area contributed by atoms with Crippen LogP contribution in [-0.4, -0.2) is 41.1 Å². The average molecular weight is 438 g/mol. The standard InChI is InChI=1S/C20H15FN6O3S/c1-12-23-24-25-27(12)14-8-9-15(21)16(10-14)22-19(28)11-26-17-6-2-4-13-5-3-7-18(20(13)17)31(26,29)30/h2-10H,11H2,1H3,(H,22,28). The summed E-state index contributed by atoms with van der Waals surface area (Å²) in [6, 6.07) is 14.2. The van der Waals surface area contributed by atoms with Crippen molar-refractivity contribution in [3.8, 4) is 5.69 Å². The van der Waals surface area contributed by atoms with Gasteiger partial charge in [-0.3, -0.25) is 9.10 Å². The molecule has 0 saturated heterocycles. The van der Waals surface area contributed by atoms with Crippen molar-refractivity contribution in [2.75, 3.05) is 16.2 Å². The van der Waals surface area contributed by atoms with Gasteiger partial charge in [0.1, 0.15) is 12.4 Å². The number of carbonyl (C=O) groups excluding carboxylic acids is 1. The van der Waals surface area contributed by atoms with Crippen molar-refractivity contribution in [2.45, 2.75) is 11.8 Å². The van der Waals surface area contributed by atoms with Crippen molar-refractivity contribution in [2.24, 2.45) is 0 Å². The van der Waals surface area contributed by atoms with Gasteiger partial charge in [0.05, 0.1) is 22.0 Å². The molecule has 0 bridgehead atoms. The number of halogens is 1. The first-order valence-corrected chi connectivity index (χ1v) is 10.7. The van der Waals surface area contributed by atoms with Crippen LogP contribution in [0.5, 0.6) is 0 Å². The molecule has 0 fully saturated rings. The molecule has 31 heavy (non-hydrogen) atoms. The number of rotatable bonds is 4. The van der Waals surface area contributed by atoms with E-state index in [1.165, 1.54) is 28.9 Å². The van der Waals surface area contributed by atoms with Crippen LogP contribution in [0.3, 0.4) is 0 Å². The van der Waals surface area contributed by atoms with Crippen LogP contribution in [0.15, 0.2) is 59.5 Å². The van der Waals surface area contributed by atoms with Crippen molar-refractivity contribution in [3.05, 3.63) is 66.2 Å². The van der Waals surface area contributed by atoms with Crippen LogP contribution in [0.25, 0.3) is 16.5 Å². The second-order valence-electron chi connectivity index (χ2n) is 6.99. The van der Waals surface area contributed by atoms with Gasteiger partial charge in [0.2, 0.25) is 5.91 Å². The third kappa shape index (κ3) is 3.01. The minimum Gasteiger partial charge on any atom is -0.322 e. The minimum atomic E-state index is -3.90. The summed E-state index contributed by atoms with van der Waals surface area (Å²) in [6.45, 7) is 1.18. The number of nitrogens with zero attached hydrogens (tertiary/aromatic N) is 5. The number of benzene rings is 3. The first-order valence-electron chi connectivity index (χ1n) is 9.25. The lowest BCUT2D eigenvalue weighted by Gasteiger charge is -2.18. The van der Waals surface area contributed by atoms with Crippen molar-refractivity contribution < 1.29 is 17.6 Å². The Morgan fingerprint density at radius 2 is 1.90 bits per heavy atom. The average Bonchev–Trinajstić information content (AvgIpc) is 3.26. The Balaban J connectivity index is 1.45. The molecule has 1 aliphatic rings. The Kier molecular flexibility index (Phi) is 4.22. The Labute approximate surface area is 176 Å². The molecule has 1 amide bonds. The molecular weight excluding hydrogens is 423 g/mol. The van der Waals surface area contributed by atoms with Crippen LogP contribution in [0.1, 0.15) is 5.82 Å². The molecule has 156 valence electrons. The molecule has 9 nitrogen and oxygen atoms in total. The molecule has 0 unspecified atom stereocenters. The second-order valence-corrected chi connectivity index (χ2v) is 8.82. The minimum absolute atomic E-state index is 0.107. The van der Waals surface area contributed by atoms with Crippen LogP contribution < -0.4 is 9.62 Å². The highest BCUT2D eigenvalue weighted by molar-refractivity contribution is 7.93. The number of tetrazole rings is 1. The Bertz CT molecular complexity index is 1460. The zero-order chi connectivity index (χ0) is 21.8. The molecule has 5 rings (SSSR count). The number of hydrogen-bond acceptors (Lipinski definition) is 6. The molecule has 1 aromatic heterocycles. The van der Waals surface area contributed by atoms with Crippen molar-refractivity contribution in [1.29, 1.82) is 0 Å². The van der Waals surface area contributed by atoms with E-state index in [9.17, 15) is 17.6 Å². The summed E-state index contributed by atoms with van der Waals surface area (Å²) in [4.78, 5) is 12.9. The van der Waals surface area contributed by atoms with Crippen LogP contribution in [-0.2, 0) is 14.8 Å². The lowest BCUT2D eigenvalue weighted by molar-refractivity contribution is -0.114. The number of amides is 1. The van der Waals surface area contributed by atoms with Crippen molar-refractivity contribution in [3.63, 3.8) is 0 Å². The maximum Gasteiger partial charge on any atom is 0.265 e. The maximum atomic E-state index is 14.3.